The van der Waals surface area contributed by atoms with E-state index in [1.54, 1.807) is 7.11 Å². The third kappa shape index (κ3) is 2.75. The van der Waals surface area contributed by atoms with Crippen LogP contribution in [0.1, 0.15) is 24.7 Å². The predicted octanol–water partition coefficient (Wildman–Crippen LogP) is 4.63. The second kappa shape index (κ2) is 6.48. The van der Waals surface area contributed by atoms with E-state index in [9.17, 15) is 0 Å². The Bertz CT molecular complexity index is 802. The molecule has 3 rings (SSSR count). The van der Waals surface area contributed by atoms with Crippen molar-refractivity contribution in [1.82, 2.24) is 9.55 Å². The van der Waals surface area contributed by atoms with E-state index in [-0.39, 0.29) is 0 Å². The molecule has 0 amide bonds. The molecule has 0 bridgehead atoms. The van der Waals surface area contributed by atoms with E-state index in [0.29, 0.717) is 0 Å². The zero-order chi connectivity index (χ0) is 15.4. The highest BCUT2D eigenvalue weighted by molar-refractivity contribution is 5.80. The number of aryl methyl sites for hydroxylation is 1. The van der Waals surface area contributed by atoms with Crippen LogP contribution in [0.15, 0.2) is 48.5 Å². The number of hydrogen-bond donors (Lipinski definition) is 0. The lowest BCUT2D eigenvalue weighted by Gasteiger charge is -2.05. The van der Waals surface area contributed by atoms with E-state index in [1.165, 1.54) is 5.52 Å². The molecule has 0 saturated heterocycles. The molecule has 0 radical (unpaired) electrons. The third-order valence-corrected chi connectivity index (χ3v) is 3.68. The van der Waals surface area contributed by atoms with Crippen LogP contribution in [-0.4, -0.2) is 16.7 Å². The van der Waals surface area contributed by atoms with Gasteiger partial charge in [0.25, 0.3) is 0 Å². The van der Waals surface area contributed by atoms with E-state index >= 15 is 0 Å². The maximum Gasteiger partial charge on any atom is 0.133 e. The molecule has 112 valence electrons. The minimum absolute atomic E-state index is 0.872. The minimum atomic E-state index is 0.872. The summed E-state index contributed by atoms with van der Waals surface area (Å²) >= 11 is 0. The van der Waals surface area contributed by atoms with Crippen LogP contribution in [0.3, 0.4) is 0 Å². The molecule has 1 heterocycles. The number of fused-ring (bicyclic) bond motifs is 1. The average Bonchev–Trinajstić information content (AvgIpc) is 2.91. The van der Waals surface area contributed by atoms with Gasteiger partial charge in [-0.1, -0.05) is 37.3 Å². The fourth-order valence-electron chi connectivity index (χ4n) is 2.65. The van der Waals surface area contributed by atoms with Crippen molar-refractivity contribution in [3.63, 3.8) is 0 Å². The lowest BCUT2D eigenvalue weighted by Crippen LogP contribution is -1.99. The highest BCUT2D eigenvalue weighted by Crippen LogP contribution is 2.22. The minimum Gasteiger partial charge on any atom is -0.496 e. The Morgan fingerprint density at radius 3 is 2.64 bits per heavy atom. The highest BCUT2D eigenvalue weighted by atomic mass is 16.5. The lowest BCUT2D eigenvalue weighted by molar-refractivity contribution is 0.414. The van der Waals surface area contributed by atoms with Gasteiger partial charge in [-0.3, -0.25) is 0 Å². The summed E-state index contributed by atoms with van der Waals surface area (Å²) in [6, 6.07) is 16.3. The summed E-state index contributed by atoms with van der Waals surface area (Å²) in [7, 11) is 1.69. The summed E-state index contributed by atoms with van der Waals surface area (Å²) in [5.41, 5.74) is 3.28. The Morgan fingerprint density at radius 1 is 1.05 bits per heavy atom. The normalized spacial score (nSPS) is 11.4. The Hall–Kier alpha value is -2.55. The van der Waals surface area contributed by atoms with Crippen LogP contribution >= 0.6 is 0 Å². The summed E-state index contributed by atoms with van der Waals surface area (Å²) in [5, 5.41) is 0. The topological polar surface area (TPSA) is 27.1 Å². The van der Waals surface area contributed by atoms with Gasteiger partial charge in [0.2, 0.25) is 0 Å². The quantitative estimate of drug-likeness (QED) is 0.686. The molecule has 0 unspecified atom stereocenters. The van der Waals surface area contributed by atoms with Gasteiger partial charge in [0.05, 0.1) is 18.1 Å². The highest BCUT2D eigenvalue weighted by Gasteiger charge is 2.07. The first-order valence-corrected chi connectivity index (χ1v) is 7.60. The fourth-order valence-corrected chi connectivity index (χ4v) is 2.65. The second-order valence-electron chi connectivity index (χ2n) is 5.19. The van der Waals surface area contributed by atoms with Crippen molar-refractivity contribution in [2.75, 3.05) is 7.11 Å². The summed E-state index contributed by atoms with van der Waals surface area (Å²) in [6.07, 6.45) is 5.20. The Labute approximate surface area is 130 Å². The molecule has 0 N–H and O–H groups in total. The summed E-state index contributed by atoms with van der Waals surface area (Å²) in [6.45, 7) is 3.15. The zero-order valence-electron chi connectivity index (χ0n) is 13.0. The predicted molar refractivity (Wildman–Crippen MR) is 91.9 cm³/mol. The summed E-state index contributed by atoms with van der Waals surface area (Å²) in [5.74, 6) is 1.85. The van der Waals surface area contributed by atoms with E-state index in [2.05, 4.69) is 41.8 Å². The van der Waals surface area contributed by atoms with E-state index < -0.39 is 0 Å². The number of ether oxygens (including phenoxy) is 1. The number of hydrogen-bond acceptors (Lipinski definition) is 2. The SMILES string of the molecule is CCCn1c(C=Cc2ccccc2OC)nc2ccccc21. The molecule has 0 spiro atoms. The van der Waals surface area contributed by atoms with Crippen molar-refractivity contribution < 1.29 is 4.74 Å². The summed E-state index contributed by atoms with van der Waals surface area (Å²) in [4.78, 5) is 4.74. The number of rotatable bonds is 5. The first kappa shape index (κ1) is 14.4. The Balaban J connectivity index is 2.02. The molecular weight excluding hydrogens is 272 g/mol. The molecule has 3 heteroatoms. The number of benzene rings is 2. The maximum atomic E-state index is 5.39. The van der Waals surface area contributed by atoms with Gasteiger partial charge in [0, 0.05) is 12.1 Å². The molecule has 0 aliphatic heterocycles. The smallest absolute Gasteiger partial charge is 0.133 e. The van der Waals surface area contributed by atoms with E-state index in [0.717, 1.165) is 35.6 Å². The molecule has 0 saturated carbocycles. The molecule has 22 heavy (non-hydrogen) atoms. The van der Waals surface area contributed by atoms with Gasteiger partial charge in [-0.05, 0) is 36.8 Å². The fraction of sp³-hybridized carbons (Fsp3) is 0.211. The van der Waals surface area contributed by atoms with Crippen molar-refractivity contribution in [2.45, 2.75) is 19.9 Å². The van der Waals surface area contributed by atoms with Crippen LogP contribution in [-0.2, 0) is 6.54 Å². The average molecular weight is 292 g/mol. The molecule has 1 aromatic heterocycles. The lowest BCUT2D eigenvalue weighted by atomic mass is 10.2. The molecule has 3 nitrogen and oxygen atoms in total. The third-order valence-electron chi connectivity index (χ3n) is 3.68. The number of aromatic nitrogens is 2. The van der Waals surface area contributed by atoms with Gasteiger partial charge < -0.3 is 9.30 Å². The van der Waals surface area contributed by atoms with Crippen molar-refractivity contribution in [3.05, 3.63) is 59.9 Å². The largest absolute Gasteiger partial charge is 0.496 e. The van der Waals surface area contributed by atoms with Gasteiger partial charge in [0.1, 0.15) is 11.6 Å². The van der Waals surface area contributed by atoms with Crippen LogP contribution in [0.4, 0.5) is 0 Å². The Morgan fingerprint density at radius 2 is 1.82 bits per heavy atom. The van der Waals surface area contributed by atoms with Crippen LogP contribution in [0.2, 0.25) is 0 Å². The number of imidazole rings is 1. The first-order chi connectivity index (χ1) is 10.8. The van der Waals surface area contributed by atoms with Crippen LogP contribution in [0, 0.1) is 0 Å². The van der Waals surface area contributed by atoms with Crippen LogP contribution in [0.25, 0.3) is 23.2 Å². The molecule has 0 aliphatic carbocycles. The van der Waals surface area contributed by atoms with Crippen molar-refractivity contribution in [3.8, 4) is 5.75 Å². The standard InChI is InChI=1S/C19H20N2O/c1-3-14-21-17-10-6-5-9-16(17)20-19(21)13-12-15-8-4-7-11-18(15)22-2/h4-13H,3,14H2,1-2H3. The van der Waals surface area contributed by atoms with Crippen LogP contribution in [0.5, 0.6) is 5.75 Å². The molecule has 0 aliphatic rings. The van der Waals surface area contributed by atoms with Gasteiger partial charge in [-0.15, -0.1) is 0 Å². The number of nitrogens with zero attached hydrogens (tertiary/aromatic N) is 2. The number of methoxy groups -OCH3 is 1. The summed E-state index contributed by atoms with van der Waals surface area (Å²) < 4.78 is 7.66. The Kier molecular flexibility index (Phi) is 4.24. The van der Waals surface area contributed by atoms with Gasteiger partial charge >= 0.3 is 0 Å². The first-order valence-electron chi connectivity index (χ1n) is 7.60. The monoisotopic (exact) mass is 292 g/mol. The van der Waals surface area contributed by atoms with E-state index in [4.69, 9.17) is 9.72 Å². The van der Waals surface area contributed by atoms with Gasteiger partial charge in [-0.25, -0.2) is 4.98 Å². The van der Waals surface area contributed by atoms with Crippen molar-refractivity contribution in [1.29, 1.82) is 0 Å². The maximum absolute atomic E-state index is 5.39. The molecule has 3 aromatic rings. The molecule has 0 atom stereocenters. The second-order valence-corrected chi connectivity index (χ2v) is 5.19. The molecule has 2 aromatic carbocycles. The van der Waals surface area contributed by atoms with Crippen molar-refractivity contribution in [2.24, 2.45) is 0 Å². The molecule has 0 fully saturated rings. The number of para-hydroxylation sites is 3. The van der Waals surface area contributed by atoms with Crippen LogP contribution < -0.4 is 4.74 Å². The zero-order valence-corrected chi connectivity index (χ0v) is 13.0. The molecular formula is C19H20N2O. The van der Waals surface area contributed by atoms with Gasteiger partial charge in [-0.2, -0.15) is 0 Å². The van der Waals surface area contributed by atoms with E-state index in [1.807, 2.05) is 30.3 Å². The van der Waals surface area contributed by atoms with Gasteiger partial charge in [0.15, 0.2) is 0 Å². The van der Waals surface area contributed by atoms with Crippen molar-refractivity contribution >= 4 is 23.2 Å².